The largest absolute Gasteiger partial charge is 0.352 e. The molecule has 2 aliphatic heterocycles. The fraction of sp³-hybridized carbons (Fsp3) is 0.480. The van der Waals surface area contributed by atoms with Crippen LogP contribution in [0.25, 0.3) is 5.65 Å². The molecule has 0 bridgehead atoms. The highest BCUT2D eigenvalue weighted by atomic mass is 35.5. The predicted molar refractivity (Wildman–Crippen MR) is 145 cm³/mol. The second kappa shape index (κ2) is 10.1. The number of likely N-dealkylation sites (tertiary alicyclic amines) is 1. The van der Waals surface area contributed by atoms with Crippen molar-refractivity contribution in [2.75, 3.05) is 35.5 Å². The molecule has 0 radical (unpaired) electrons. The molecule has 3 aromatic rings. The van der Waals surface area contributed by atoms with Crippen LogP contribution < -0.4 is 15.4 Å². The molecule has 12 heteroatoms. The Balaban J connectivity index is 1.49. The van der Waals surface area contributed by atoms with Crippen molar-refractivity contribution in [3.8, 4) is 0 Å². The lowest BCUT2D eigenvalue weighted by atomic mass is 9.98. The Labute approximate surface area is 221 Å². The number of hydrogen-bond acceptors (Lipinski definition) is 7. The molecule has 10 nitrogen and oxygen atoms in total. The van der Waals surface area contributed by atoms with Crippen molar-refractivity contribution in [2.45, 2.75) is 51.1 Å². The number of halogens is 1. The van der Waals surface area contributed by atoms with Gasteiger partial charge in [-0.05, 0) is 57.2 Å². The zero-order valence-electron chi connectivity index (χ0n) is 21.0. The molecule has 0 unspecified atom stereocenters. The molecule has 1 aromatic carbocycles. The summed E-state index contributed by atoms with van der Waals surface area (Å²) in [5.74, 6) is 0.641. The quantitative estimate of drug-likeness (QED) is 0.486. The number of amides is 1. The number of rotatable bonds is 6. The maximum atomic E-state index is 13.8. The van der Waals surface area contributed by atoms with Crippen LogP contribution in [-0.2, 0) is 10.0 Å². The summed E-state index contributed by atoms with van der Waals surface area (Å²) in [7, 11) is -3.58. The van der Waals surface area contributed by atoms with Gasteiger partial charge in [-0.1, -0.05) is 11.6 Å². The van der Waals surface area contributed by atoms with Crippen molar-refractivity contribution in [1.29, 1.82) is 0 Å². The van der Waals surface area contributed by atoms with E-state index in [1.54, 1.807) is 15.5 Å². The zero-order chi connectivity index (χ0) is 26.3. The standard InChI is InChI=1S/C25H32ClN7O3S/c1-16-15-33-23(28-24(16)31-11-5-6-18(31)14-27)13-21(29-33)22-7-3-4-10-32(22)25(34)19-12-17(26)8-9-20(19)30-37(2,35)36/h8-9,12-13,15,18,22,30H,3-7,10-11,14,27H2,1-2H3/t18-,22-/m0/s1. The van der Waals surface area contributed by atoms with Gasteiger partial charge in [0.25, 0.3) is 5.91 Å². The Morgan fingerprint density at radius 2 is 2.00 bits per heavy atom. The van der Waals surface area contributed by atoms with Crippen LogP contribution in [0.15, 0.2) is 30.5 Å². The van der Waals surface area contributed by atoms with Crippen LogP contribution in [0.3, 0.4) is 0 Å². The summed E-state index contributed by atoms with van der Waals surface area (Å²) in [6.07, 6.45) is 7.74. The molecule has 2 fully saturated rings. The van der Waals surface area contributed by atoms with Crippen molar-refractivity contribution in [3.63, 3.8) is 0 Å². The molecule has 2 atom stereocenters. The van der Waals surface area contributed by atoms with Gasteiger partial charge < -0.3 is 15.5 Å². The molecule has 0 spiro atoms. The summed E-state index contributed by atoms with van der Waals surface area (Å²) < 4.78 is 28.0. The minimum Gasteiger partial charge on any atom is -0.352 e. The molecule has 0 saturated carbocycles. The number of hydrogen-bond donors (Lipinski definition) is 2. The van der Waals surface area contributed by atoms with Gasteiger partial charge in [-0.15, -0.1) is 0 Å². The van der Waals surface area contributed by atoms with Gasteiger partial charge in [-0.2, -0.15) is 5.10 Å². The van der Waals surface area contributed by atoms with E-state index < -0.39 is 10.0 Å². The number of benzene rings is 1. The number of carbonyl (C=O) groups is 1. The minimum absolute atomic E-state index is 0.207. The zero-order valence-corrected chi connectivity index (χ0v) is 22.6. The highest BCUT2D eigenvalue weighted by Crippen LogP contribution is 2.35. The van der Waals surface area contributed by atoms with Crippen molar-refractivity contribution < 1.29 is 13.2 Å². The van der Waals surface area contributed by atoms with E-state index in [1.165, 1.54) is 12.1 Å². The smallest absolute Gasteiger partial charge is 0.256 e. The molecule has 198 valence electrons. The maximum absolute atomic E-state index is 13.8. The van der Waals surface area contributed by atoms with Gasteiger partial charge in [-0.25, -0.2) is 17.9 Å². The Bertz CT molecular complexity index is 1440. The Morgan fingerprint density at radius 1 is 1.19 bits per heavy atom. The number of carbonyl (C=O) groups excluding carboxylic acids is 1. The topological polar surface area (TPSA) is 126 Å². The molecule has 3 N–H and O–H groups in total. The van der Waals surface area contributed by atoms with Gasteiger partial charge in [0.15, 0.2) is 5.65 Å². The summed E-state index contributed by atoms with van der Waals surface area (Å²) in [5, 5.41) is 5.16. The lowest BCUT2D eigenvalue weighted by Gasteiger charge is -2.35. The van der Waals surface area contributed by atoms with Crippen LogP contribution in [0, 0.1) is 6.92 Å². The maximum Gasteiger partial charge on any atom is 0.256 e. The third-order valence-electron chi connectivity index (χ3n) is 7.16. The Hall–Kier alpha value is -2.89. The van der Waals surface area contributed by atoms with Crippen LogP contribution in [0.1, 0.15) is 59.8 Å². The van der Waals surface area contributed by atoms with Crippen molar-refractivity contribution in [3.05, 3.63) is 52.3 Å². The van der Waals surface area contributed by atoms with Gasteiger partial charge in [0.2, 0.25) is 10.0 Å². The lowest BCUT2D eigenvalue weighted by Crippen LogP contribution is -2.39. The molecular weight excluding hydrogens is 514 g/mol. The Kier molecular flexibility index (Phi) is 7.03. The molecular formula is C25H32ClN7O3S. The van der Waals surface area contributed by atoms with Crippen molar-refractivity contribution in [2.24, 2.45) is 5.73 Å². The van der Waals surface area contributed by atoms with Crippen LogP contribution >= 0.6 is 11.6 Å². The first-order valence-corrected chi connectivity index (χ1v) is 14.8. The second-order valence-corrected chi connectivity index (χ2v) is 12.1. The molecule has 37 heavy (non-hydrogen) atoms. The van der Waals surface area contributed by atoms with Gasteiger partial charge in [-0.3, -0.25) is 9.52 Å². The van der Waals surface area contributed by atoms with E-state index in [0.717, 1.165) is 67.6 Å². The van der Waals surface area contributed by atoms with Crippen LogP contribution in [0.4, 0.5) is 11.5 Å². The number of fused-ring (bicyclic) bond motifs is 1. The van der Waals surface area contributed by atoms with E-state index in [1.807, 2.05) is 19.2 Å². The molecule has 2 saturated heterocycles. The molecule has 1 amide bonds. The second-order valence-electron chi connectivity index (χ2n) is 9.92. The molecule has 0 aliphatic carbocycles. The number of nitrogens with zero attached hydrogens (tertiary/aromatic N) is 5. The van der Waals surface area contributed by atoms with Crippen LogP contribution in [-0.4, -0.2) is 65.8 Å². The monoisotopic (exact) mass is 545 g/mol. The summed E-state index contributed by atoms with van der Waals surface area (Å²) >= 11 is 6.20. The normalized spacial score (nSPS) is 20.5. The van der Waals surface area contributed by atoms with E-state index in [2.05, 4.69) is 9.62 Å². The number of piperidine rings is 1. The number of nitrogens with one attached hydrogen (secondary N) is 1. The number of nitrogens with two attached hydrogens (primary N) is 1. The molecule has 2 aromatic heterocycles. The van der Waals surface area contributed by atoms with Gasteiger partial charge in [0.1, 0.15) is 5.82 Å². The van der Waals surface area contributed by atoms with Gasteiger partial charge in [0, 0.05) is 48.5 Å². The fourth-order valence-electron chi connectivity index (χ4n) is 5.45. The molecule has 4 heterocycles. The minimum atomic E-state index is -3.58. The number of anilines is 2. The van der Waals surface area contributed by atoms with E-state index >= 15 is 0 Å². The fourth-order valence-corrected chi connectivity index (χ4v) is 6.20. The van der Waals surface area contributed by atoms with Crippen molar-refractivity contribution in [1.82, 2.24) is 19.5 Å². The van der Waals surface area contributed by atoms with Crippen LogP contribution in [0.2, 0.25) is 5.02 Å². The third kappa shape index (κ3) is 5.25. The highest BCUT2D eigenvalue weighted by Gasteiger charge is 2.33. The van der Waals surface area contributed by atoms with Gasteiger partial charge >= 0.3 is 0 Å². The third-order valence-corrected chi connectivity index (χ3v) is 7.98. The number of aromatic nitrogens is 3. The SMILES string of the molecule is Cc1cn2nc([C@@H]3CCCCN3C(=O)c3cc(Cl)ccc3NS(C)(=O)=O)cc2nc1N1CCC[C@H]1CN. The summed E-state index contributed by atoms with van der Waals surface area (Å²) in [6.45, 7) is 4.09. The average Bonchev–Trinajstić information content (AvgIpc) is 3.49. The number of sulfonamides is 1. The molecule has 5 rings (SSSR count). The van der Waals surface area contributed by atoms with Gasteiger partial charge in [0.05, 0.1) is 29.2 Å². The highest BCUT2D eigenvalue weighted by molar-refractivity contribution is 7.92. The number of aryl methyl sites for hydroxylation is 1. The molecule has 2 aliphatic rings. The van der Waals surface area contributed by atoms with Crippen LogP contribution in [0.5, 0.6) is 0 Å². The predicted octanol–water partition coefficient (Wildman–Crippen LogP) is 3.36. The van der Waals surface area contributed by atoms with E-state index in [0.29, 0.717) is 18.1 Å². The van der Waals surface area contributed by atoms with Crippen molar-refractivity contribution >= 4 is 44.7 Å². The van der Waals surface area contributed by atoms with E-state index in [-0.39, 0.29) is 29.2 Å². The summed E-state index contributed by atoms with van der Waals surface area (Å²) in [6, 6.07) is 6.55. The average molecular weight is 546 g/mol. The summed E-state index contributed by atoms with van der Waals surface area (Å²) in [5.41, 5.74) is 8.92. The first-order valence-electron chi connectivity index (χ1n) is 12.6. The lowest BCUT2D eigenvalue weighted by molar-refractivity contribution is 0.0607. The first-order chi connectivity index (χ1) is 17.6. The Morgan fingerprint density at radius 3 is 2.76 bits per heavy atom. The summed E-state index contributed by atoms with van der Waals surface area (Å²) in [4.78, 5) is 22.8. The van der Waals surface area contributed by atoms with E-state index in [9.17, 15) is 13.2 Å². The van der Waals surface area contributed by atoms with E-state index in [4.69, 9.17) is 27.4 Å². The first kappa shape index (κ1) is 25.7.